The van der Waals surface area contributed by atoms with Gasteiger partial charge in [0.2, 0.25) is 17.7 Å². The van der Waals surface area contributed by atoms with Crippen molar-refractivity contribution in [1.29, 1.82) is 0 Å². The Morgan fingerprint density at radius 3 is 2.74 bits per heavy atom. The lowest BCUT2D eigenvalue weighted by molar-refractivity contribution is -0.129. The highest BCUT2D eigenvalue weighted by Crippen LogP contribution is 2.22. The third-order valence-corrected chi connectivity index (χ3v) is 5.63. The van der Waals surface area contributed by atoms with Crippen molar-refractivity contribution in [2.75, 3.05) is 12.8 Å². The summed E-state index contributed by atoms with van der Waals surface area (Å²) in [5, 5.41) is 11.2. The van der Waals surface area contributed by atoms with Crippen LogP contribution < -0.4 is 5.32 Å². The molecule has 1 N–H and O–H groups in total. The maximum Gasteiger partial charge on any atom is 0.349 e. The molecule has 1 aliphatic carbocycles. The zero-order valence-electron chi connectivity index (χ0n) is 15.4. The smallest absolute Gasteiger partial charge is 0.349 e. The molecule has 2 heterocycles. The summed E-state index contributed by atoms with van der Waals surface area (Å²) in [5.74, 6) is -0.497. The van der Waals surface area contributed by atoms with Crippen molar-refractivity contribution in [3.05, 3.63) is 5.89 Å². The van der Waals surface area contributed by atoms with E-state index in [9.17, 15) is 14.4 Å². The van der Waals surface area contributed by atoms with E-state index in [1.807, 2.05) is 0 Å². The van der Waals surface area contributed by atoms with Crippen LogP contribution in [-0.2, 0) is 16.0 Å². The van der Waals surface area contributed by atoms with Crippen molar-refractivity contribution in [2.24, 2.45) is 10.9 Å². The quantitative estimate of drug-likeness (QED) is 0.732. The van der Waals surface area contributed by atoms with E-state index in [1.165, 1.54) is 25.2 Å². The van der Waals surface area contributed by atoms with E-state index in [2.05, 4.69) is 20.5 Å². The third-order valence-electron chi connectivity index (χ3n) is 4.82. The first-order chi connectivity index (χ1) is 12.9. The molecule has 1 atom stereocenters. The SMILES string of the molecule is CC1=NC(=O)N(C)C(=O)C1Cc1nnc(SCC(=O)NC2CCCCC2)o1. The average Bonchev–Trinajstić information content (AvgIpc) is 3.10. The van der Waals surface area contributed by atoms with E-state index in [4.69, 9.17) is 4.42 Å². The minimum absolute atomic E-state index is 0.0442. The number of nitrogens with zero attached hydrogens (tertiary/aromatic N) is 4. The van der Waals surface area contributed by atoms with Gasteiger partial charge in [0, 0.05) is 25.2 Å². The van der Waals surface area contributed by atoms with Gasteiger partial charge in [-0.25, -0.2) is 9.79 Å². The number of imide groups is 1. The van der Waals surface area contributed by atoms with Crippen LogP contribution in [0.15, 0.2) is 14.6 Å². The monoisotopic (exact) mass is 393 g/mol. The lowest BCUT2D eigenvalue weighted by Crippen LogP contribution is -2.44. The fourth-order valence-electron chi connectivity index (χ4n) is 3.24. The molecule has 146 valence electrons. The lowest BCUT2D eigenvalue weighted by Gasteiger charge is -2.24. The van der Waals surface area contributed by atoms with Gasteiger partial charge in [0.1, 0.15) is 0 Å². The number of nitrogens with one attached hydrogen (secondary N) is 1. The van der Waals surface area contributed by atoms with Gasteiger partial charge in [-0.3, -0.25) is 14.5 Å². The molecule has 1 unspecified atom stereocenters. The van der Waals surface area contributed by atoms with Crippen molar-refractivity contribution in [3.63, 3.8) is 0 Å². The molecular formula is C17H23N5O4S. The van der Waals surface area contributed by atoms with E-state index in [0.717, 1.165) is 30.6 Å². The fourth-order valence-corrected chi connectivity index (χ4v) is 3.83. The molecule has 10 heteroatoms. The molecule has 1 aromatic heterocycles. The maximum atomic E-state index is 12.2. The summed E-state index contributed by atoms with van der Waals surface area (Å²) in [7, 11) is 1.40. The minimum Gasteiger partial charge on any atom is -0.416 e. The summed E-state index contributed by atoms with van der Waals surface area (Å²) in [6.07, 6.45) is 5.81. The van der Waals surface area contributed by atoms with Crippen LogP contribution >= 0.6 is 11.8 Å². The van der Waals surface area contributed by atoms with Crippen molar-refractivity contribution in [2.45, 2.75) is 56.7 Å². The number of rotatable bonds is 6. The molecule has 3 rings (SSSR count). The highest BCUT2D eigenvalue weighted by atomic mass is 32.2. The Balaban J connectivity index is 1.51. The summed E-state index contributed by atoms with van der Waals surface area (Å²) in [5.41, 5.74) is 0.433. The van der Waals surface area contributed by atoms with Crippen molar-refractivity contribution in [3.8, 4) is 0 Å². The van der Waals surface area contributed by atoms with Crippen LogP contribution in [0.25, 0.3) is 0 Å². The number of amides is 4. The van der Waals surface area contributed by atoms with Crippen LogP contribution in [0, 0.1) is 5.92 Å². The number of carbonyl (C=O) groups excluding carboxylic acids is 3. The number of carbonyl (C=O) groups is 3. The van der Waals surface area contributed by atoms with Crippen LogP contribution in [0.4, 0.5) is 4.79 Å². The molecule has 0 radical (unpaired) electrons. The fraction of sp³-hybridized carbons (Fsp3) is 0.647. The summed E-state index contributed by atoms with van der Waals surface area (Å²) in [6, 6.07) is -0.302. The molecule has 1 aliphatic heterocycles. The summed E-state index contributed by atoms with van der Waals surface area (Å²) in [6.45, 7) is 1.63. The van der Waals surface area contributed by atoms with E-state index < -0.39 is 11.9 Å². The molecule has 0 spiro atoms. The first-order valence-electron chi connectivity index (χ1n) is 9.05. The van der Waals surface area contributed by atoms with E-state index in [1.54, 1.807) is 6.92 Å². The van der Waals surface area contributed by atoms with Crippen LogP contribution in [0.2, 0.25) is 0 Å². The summed E-state index contributed by atoms with van der Waals surface area (Å²) in [4.78, 5) is 40.6. The van der Waals surface area contributed by atoms with Gasteiger partial charge in [0.05, 0.1) is 11.7 Å². The number of thioether (sulfide) groups is 1. The molecule has 1 saturated carbocycles. The Morgan fingerprint density at radius 1 is 1.26 bits per heavy atom. The molecule has 9 nitrogen and oxygen atoms in total. The molecule has 0 bridgehead atoms. The second kappa shape index (κ2) is 8.64. The van der Waals surface area contributed by atoms with Gasteiger partial charge in [-0.15, -0.1) is 10.2 Å². The largest absolute Gasteiger partial charge is 0.416 e. The van der Waals surface area contributed by atoms with Gasteiger partial charge in [-0.2, -0.15) is 0 Å². The number of hydrogen-bond donors (Lipinski definition) is 1. The Kier molecular flexibility index (Phi) is 6.25. The normalized spacial score (nSPS) is 21.3. The van der Waals surface area contributed by atoms with E-state index >= 15 is 0 Å². The molecule has 0 saturated heterocycles. The predicted octanol–water partition coefficient (Wildman–Crippen LogP) is 1.82. The number of aromatic nitrogens is 2. The molecule has 4 amide bonds. The number of hydrogen-bond acceptors (Lipinski definition) is 7. The predicted molar refractivity (Wildman–Crippen MR) is 98.5 cm³/mol. The first-order valence-corrected chi connectivity index (χ1v) is 10.0. The second-order valence-corrected chi connectivity index (χ2v) is 7.77. The van der Waals surface area contributed by atoms with Gasteiger partial charge >= 0.3 is 6.03 Å². The Labute approximate surface area is 161 Å². The second-order valence-electron chi connectivity index (χ2n) is 6.84. The number of urea groups is 1. The highest BCUT2D eigenvalue weighted by molar-refractivity contribution is 7.99. The topological polar surface area (TPSA) is 118 Å². The van der Waals surface area contributed by atoms with Crippen molar-refractivity contribution in [1.82, 2.24) is 20.4 Å². The van der Waals surface area contributed by atoms with Gasteiger partial charge in [-0.05, 0) is 19.8 Å². The lowest BCUT2D eigenvalue weighted by atomic mass is 9.95. The third kappa shape index (κ3) is 4.94. The zero-order valence-corrected chi connectivity index (χ0v) is 16.3. The van der Waals surface area contributed by atoms with Crippen LogP contribution in [0.5, 0.6) is 0 Å². The van der Waals surface area contributed by atoms with E-state index in [0.29, 0.717) is 5.71 Å². The Morgan fingerprint density at radius 2 is 2.00 bits per heavy atom. The van der Waals surface area contributed by atoms with Crippen molar-refractivity contribution >= 4 is 35.3 Å². The Hall–Kier alpha value is -2.23. The molecule has 1 aromatic rings. The zero-order chi connectivity index (χ0) is 19.4. The number of aliphatic imine (C=N–C) groups is 1. The Bertz CT molecular complexity index is 756. The van der Waals surface area contributed by atoms with Gasteiger partial charge in [0.25, 0.3) is 5.22 Å². The molecule has 0 aromatic carbocycles. The minimum atomic E-state index is -0.597. The van der Waals surface area contributed by atoms with Gasteiger partial charge < -0.3 is 9.73 Å². The summed E-state index contributed by atoms with van der Waals surface area (Å²) < 4.78 is 5.54. The van der Waals surface area contributed by atoms with Gasteiger partial charge in [-0.1, -0.05) is 31.0 Å². The van der Waals surface area contributed by atoms with Gasteiger partial charge in [0.15, 0.2) is 0 Å². The first kappa shape index (κ1) is 19.5. The maximum absolute atomic E-state index is 12.2. The molecule has 2 aliphatic rings. The summed E-state index contributed by atoms with van der Waals surface area (Å²) >= 11 is 1.17. The molecule has 1 fully saturated rings. The highest BCUT2D eigenvalue weighted by Gasteiger charge is 2.34. The average molecular weight is 393 g/mol. The van der Waals surface area contributed by atoms with Crippen LogP contribution in [0.1, 0.15) is 44.9 Å². The van der Waals surface area contributed by atoms with Crippen LogP contribution in [0.3, 0.4) is 0 Å². The van der Waals surface area contributed by atoms with E-state index in [-0.39, 0.29) is 41.1 Å². The van der Waals surface area contributed by atoms with Crippen LogP contribution in [-0.4, -0.2) is 57.5 Å². The molecule has 27 heavy (non-hydrogen) atoms. The molecular weight excluding hydrogens is 370 g/mol. The van der Waals surface area contributed by atoms with Crippen molar-refractivity contribution < 1.29 is 18.8 Å². The standard InChI is InChI=1S/C17H23N5O4S/c1-10-12(15(24)22(2)16(25)18-10)8-14-20-21-17(26-14)27-9-13(23)19-11-6-4-3-5-7-11/h11-12H,3-9H2,1-2H3,(H,19,23).